The van der Waals surface area contributed by atoms with E-state index in [-0.39, 0.29) is 12.4 Å². The number of hydrogen-bond acceptors (Lipinski definition) is 6. The summed E-state index contributed by atoms with van der Waals surface area (Å²) in [5.41, 5.74) is 2.77. The molecule has 0 fully saturated rings. The normalized spacial score (nSPS) is 11.4. The number of ether oxygens (including phenoxy) is 2. The maximum absolute atomic E-state index is 12.3. The molecule has 0 saturated carbocycles. The molecule has 0 bridgehead atoms. The number of rotatable bonds is 6. The molecule has 2 heterocycles. The van der Waals surface area contributed by atoms with Crippen molar-refractivity contribution in [2.45, 2.75) is 19.9 Å². The van der Waals surface area contributed by atoms with Gasteiger partial charge in [-0.3, -0.25) is 0 Å². The van der Waals surface area contributed by atoms with Crippen molar-refractivity contribution in [1.29, 1.82) is 0 Å². The van der Waals surface area contributed by atoms with Gasteiger partial charge in [-0.2, -0.15) is 4.68 Å². The Labute approximate surface area is 179 Å². The number of alkyl halides is 3. The molecule has 0 unspecified atom stereocenters. The molecule has 8 nitrogen and oxygen atoms in total. The molecule has 0 radical (unpaired) electrons. The van der Waals surface area contributed by atoms with Gasteiger partial charge in [-0.05, 0) is 59.3 Å². The Morgan fingerprint density at radius 3 is 2.47 bits per heavy atom. The molecule has 1 N–H and O–H groups in total. The van der Waals surface area contributed by atoms with Crippen LogP contribution in [0.5, 0.6) is 11.6 Å². The highest BCUT2D eigenvalue weighted by molar-refractivity contribution is 5.60. The molecule has 0 amide bonds. The second-order valence-electron chi connectivity index (χ2n) is 6.71. The molecule has 11 heteroatoms. The van der Waals surface area contributed by atoms with Gasteiger partial charge in [0.05, 0.1) is 11.4 Å². The third-order valence-corrected chi connectivity index (χ3v) is 4.56. The van der Waals surface area contributed by atoms with Crippen LogP contribution < -0.4 is 15.2 Å². The molecule has 2 aromatic carbocycles. The minimum Gasteiger partial charge on any atom is -0.473 e. The fraction of sp³-hybridized carbons (Fsp3) is 0.143. The van der Waals surface area contributed by atoms with Crippen LogP contribution in [-0.4, -0.2) is 31.6 Å². The zero-order valence-corrected chi connectivity index (χ0v) is 16.6. The van der Waals surface area contributed by atoms with Gasteiger partial charge < -0.3 is 9.47 Å². The molecule has 164 valence electrons. The van der Waals surface area contributed by atoms with E-state index in [0.717, 1.165) is 15.8 Å². The van der Waals surface area contributed by atoms with Gasteiger partial charge in [-0.15, -0.1) is 13.2 Å². The van der Waals surface area contributed by atoms with Crippen LogP contribution in [0.1, 0.15) is 11.1 Å². The number of tetrazole rings is 1. The van der Waals surface area contributed by atoms with E-state index in [4.69, 9.17) is 4.74 Å². The van der Waals surface area contributed by atoms with Gasteiger partial charge in [-0.25, -0.2) is 14.9 Å². The van der Waals surface area contributed by atoms with Crippen LogP contribution in [0.2, 0.25) is 0 Å². The van der Waals surface area contributed by atoms with E-state index >= 15 is 0 Å². The largest absolute Gasteiger partial charge is 0.573 e. The third-order valence-electron chi connectivity index (χ3n) is 4.56. The number of halogens is 3. The van der Waals surface area contributed by atoms with Gasteiger partial charge in [0.1, 0.15) is 12.4 Å². The Kier molecular flexibility index (Phi) is 5.63. The second kappa shape index (κ2) is 8.53. The maximum Gasteiger partial charge on any atom is 0.573 e. The molecule has 0 aliphatic carbocycles. The molecule has 32 heavy (non-hydrogen) atoms. The number of nitrogens with one attached hydrogen (secondary N) is 1. The molecule has 4 aromatic rings. The quantitative estimate of drug-likeness (QED) is 0.487. The van der Waals surface area contributed by atoms with Crippen LogP contribution in [-0.2, 0) is 6.61 Å². The summed E-state index contributed by atoms with van der Waals surface area (Å²) in [6.45, 7) is 1.98. The SMILES string of the molecule is Cc1cccc(-n2nn[nH]c2=O)c1COc1cccc(-c2ccc(OC(F)(F)F)cc2)n1. The van der Waals surface area contributed by atoms with Crippen LogP contribution in [0, 0.1) is 6.92 Å². The fourth-order valence-corrected chi connectivity index (χ4v) is 3.06. The summed E-state index contributed by atoms with van der Waals surface area (Å²) in [5, 5.41) is 9.53. The Hall–Kier alpha value is -4.15. The van der Waals surface area contributed by atoms with Gasteiger partial charge in [0.15, 0.2) is 0 Å². The molecule has 4 rings (SSSR count). The van der Waals surface area contributed by atoms with E-state index < -0.39 is 12.1 Å². The van der Waals surface area contributed by atoms with Crippen molar-refractivity contribution in [3.05, 3.63) is 82.3 Å². The smallest absolute Gasteiger partial charge is 0.473 e. The second-order valence-corrected chi connectivity index (χ2v) is 6.71. The van der Waals surface area contributed by atoms with Crippen molar-refractivity contribution >= 4 is 0 Å². The van der Waals surface area contributed by atoms with E-state index in [1.54, 1.807) is 30.3 Å². The lowest BCUT2D eigenvalue weighted by atomic mass is 10.1. The van der Waals surface area contributed by atoms with E-state index in [1.165, 1.54) is 24.3 Å². The number of nitrogens with zero attached hydrogens (tertiary/aromatic N) is 4. The van der Waals surface area contributed by atoms with Crippen molar-refractivity contribution < 1.29 is 22.6 Å². The maximum atomic E-state index is 12.3. The molecule has 0 aliphatic rings. The van der Waals surface area contributed by atoms with Gasteiger partial charge in [-0.1, -0.05) is 18.2 Å². The summed E-state index contributed by atoms with van der Waals surface area (Å²) in [6, 6.07) is 15.9. The Morgan fingerprint density at radius 2 is 1.78 bits per heavy atom. The molecule has 0 spiro atoms. The topological polar surface area (TPSA) is 94.9 Å². The Balaban J connectivity index is 1.54. The Morgan fingerprint density at radius 1 is 1.03 bits per heavy atom. The summed E-state index contributed by atoms with van der Waals surface area (Å²) in [6.07, 6.45) is -4.75. The number of aromatic amines is 1. The minimum absolute atomic E-state index is 0.107. The summed E-state index contributed by atoms with van der Waals surface area (Å²) >= 11 is 0. The van der Waals surface area contributed by atoms with Gasteiger partial charge in [0.2, 0.25) is 5.88 Å². The molecule has 0 atom stereocenters. The summed E-state index contributed by atoms with van der Waals surface area (Å²) < 4.78 is 47.9. The lowest BCUT2D eigenvalue weighted by Gasteiger charge is -2.13. The summed E-state index contributed by atoms with van der Waals surface area (Å²) in [7, 11) is 0. The molecular weight excluding hydrogens is 427 g/mol. The third kappa shape index (κ3) is 4.77. The number of hydrogen-bond donors (Lipinski definition) is 1. The number of aromatic nitrogens is 5. The van der Waals surface area contributed by atoms with Crippen molar-refractivity contribution in [1.82, 2.24) is 25.2 Å². The van der Waals surface area contributed by atoms with Gasteiger partial charge in [0, 0.05) is 17.2 Å². The van der Waals surface area contributed by atoms with E-state index in [2.05, 4.69) is 25.2 Å². The van der Waals surface area contributed by atoms with Crippen LogP contribution in [0.15, 0.2) is 65.5 Å². The predicted molar refractivity (Wildman–Crippen MR) is 107 cm³/mol. The summed E-state index contributed by atoms with van der Waals surface area (Å²) in [4.78, 5) is 16.3. The van der Waals surface area contributed by atoms with E-state index in [0.29, 0.717) is 22.8 Å². The van der Waals surface area contributed by atoms with Gasteiger partial charge >= 0.3 is 12.1 Å². The van der Waals surface area contributed by atoms with Crippen molar-refractivity contribution in [3.63, 3.8) is 0 Å². The zero-order chi connectivity index (χ0) is 22.7. The lowest BCUT2D eigenvalue weighted by molar-refractivity contribution is -0.274. The van der Waals surface area contributed by atoms with Crippen LogP contribution in [0.4, 0.5) is 13.2 Å². The average Bonchev–Trinajstić information content (AvgIpc) is 3.18. The van der Waals surface area contributed by atoms with Crippen molar-refractivity contribution in [2.24, 2.45) is 0 Å². The lowest BCUT2D eigenvalue weighted by Crippen LogP contribution is -2.18. The molecular formula is C21H16F3N5O3. The van der Waals surface area contributed by atoms with E-state index in [1.807, 2.05) is 13.0 Å². The number of H-pyrrole nitrogens is 1. The van der Waals surface area contributed by atoms with E-state index in [9.17, 15) is 18.0 Å². The van der Waals surface area contributed by atoms with Crippen LogP contribution in [0.3, 0.4) is 0 Å². The van der Waals surface area contributed by atoms with Crippen LogP contribution >= 0.6 is 0 Å². The minimum atomic E-state index is -4.75. The fourth-order valence-electron chi connectivity index (χ4n) is 3.06. The molecule has 0 saturated heterocycles. The average molecular weight is 443 g/mol. The first-order valence-electron chi connectivity index (χ1n) is 9.35. The first kappa shape index (κ1) is 21.1. The zero-order valence-electron chi connectivity index (χ0n) is 16.6. The number of benzene rings is 2. The number of pyridine rings is 1. The Bertz CT molecular complexity index is 1280. The molecule has 0 aliphatic heterocycles. The monoisotopic (exact) mass is 443 g/mol. The highest BCUT2D eigenvalue weighted by Crippen LogP contribution is 2.27. The number of aryl methyl sites for hydroxylation is 1. The summed E-state index contributed by atoms with van der Waals surface area (Å²) in [5.74, 6) is -0.0105. The molecule has 2 aromatic heterocycles. The van der Waals surface area contributed by atoms with Crippen molar-refractivity contribution in [3.8, 4) is 28.6 Å². The standard InChI is InChI=1S/C21H16F3N5O3/c1-13-4-2-6-18(29-20(30)26-27-28-29)16(13)12-31-19-7-3-5-17(25-19)14-8-10-15(11-9-14)32-21(22,23)24/h2-11H,12H2,1H3,(H,26,28,30). The first-order valence-corrected chi connectivity index (χ1v) is 9.35. The van der Waals surface area contributed by atoms with Gasteiger partial charge in [0.25, 0.3) is 0 Å². The predicted octanol–water partition coefficient (Wildman–Crippen LogP) is 3.80. The van der Waals surface area contributed by atoms with Crippen molar-refractivity contribution in [2.75, 3.05) is 0 Å². The van der Waals surface area contributed by atoms with Crippen LogP contribution in [0.25, 0.3) is 16.9 Å². The first-order chi connectivity index (χ1) is 15.3. The highest BCUT2D eigenvalue weighted by atomic mass is 19.4. The highest BCUT2D eigenvalue weighted by Gasteiger charge is 2.31.